The summed E-state index contributed by atoms with van der Waals surface area (Å²) in [4.78, 5) is 42.8. The summed E-state index contributed by atoms with van der Waals surface area (Å²) in [5.74, 6) is 1.12. The first-order chi connectivity index (χ1) is 20.7. The van der Waals surface area contributed by atoms with Gasteiger partial charge in [0.15, 0.2) is 4.80 Å². The molecular weight excluding hydrogens is 638 g/mol. The number of nitro benzene ring substituents is 1. The van der Waals surface area contributed by atoms with Crippen molar-refractivity contribution < 1.29 is 23.3 Å². The van der Waals surface area contributed by atoms with E-state index in [1.54, 1.807) is 50.3 Å². The lowest BCUT2D eigenvalue weighted by atomic mass is 10.0. The van der Waals surface area contributed by atoms with E-state index in [4.69, 9.17) is 13.6 Å². The van der Waals surface area contributed by atoms with Gasteiger partial charge in [-0.15, -0.1) is 0 Å². The zero-order valence-corrected chi connectivity index (χ0v) is 25.2. The van der Waals surface area contributed by atoms with Gasteiger partial charge in [0.25, 0.3) is 11.2 Å². The maximum Gasteiger partial charge on any atom is 0.338 e. The third-order valence-electron chi connectivity index (χ3n) is 6.78. The number of rotatable bonds is 7. The molecule has 0 unspecified atom stereocenters. The molecule has 5 aromatic rings. The molecule has 0 fully saturated rings. The van der Waals surface area contributed by atoms with Crippen molar-refractivity contribution in [2.45, 2.75) is 19.9 Å². The van der Waals surface area contributed by atoms with Gasteiger partial charge in [-0.25, -0.2) is 9.79 Å². The predicted octanol–water partition coefficient (Wildman–Crippen LogP) is 5.99. The summed E-state index contributed by atoms with van der Waals surface area (Å²) in [5.41, 5.74) is 1.43. The van der Waals surface area contributed by atoms with Gasteiger partial charge < -0.3 is 13.6 Å². The molecular formula is C31H22BrN3O7S. The smallest absolute Gasteiger partial charge is 0.338 e. The Morgan fingerprint density at radius 2 is 1.84 bits per heavy atom. The van der Waals surface area contributed by atoms with Gasteiger partial charge in [-0.3, -0.25) is 19.5 Å². The van der Waals surface area contributed by atoms with Gasteiger partial charge in [-0.05, 0) is 50.2 Å². The highest BCUT2D eigenvalue weighted by atomic mass is 79.9. The molecule has 1 aliphatic rings. The molecule has 216 valence electrons. The van der Waals surface area contributed by atoms with Gasteiger partial charge in [-0.2, -0.15) is 0 Å². The minimum Gasteiger partial charge on any atom is -0.463 e. The second kappa shape index (κ2) is 11.5. The van der Waals surface area contributed by atoms with E-state index < -0.39 is 22.5 Å². The van der Waals surface area contributed by atoms with E-state index >= 15 is 0 Å². The van der Waals surface area contributed by atoms with Crippen LogP contribution in [0.5, 0.6) is 0 Å². The zero-order chi connectivity index (χ0) is 30.2. The Morgan fingerprint density at radius 1 is 1.09 bits per heavy atom. The maximum absolute atomic E-state index is 13.9. The molecule has 10 nitrogen and oxygen atoms in total. The van der Waals surface area contributed by atoms with Crippen LogP contribution in [0.3, 0.4) is 0 Å². The average molecular weight is 661 g/mol. The number of furan rings is 2. The van der Waals surface area contributed by atoms with Crippen LogP contribution in [-0.2, 0) is 9.53 Å². The zero-order valence-electron chi connectivity index (χ0n) is 22.8. The molecule has 1 aliphatic heterocycles. The maximum atomic E-state index is 13.9. The SMILES string of the molecule is CCOC(=O)C1=C(C)N=c2s/c(=C\c3ccc(-c4ccc(Br)cc4)o3)c(=O)n2[C@@H]1c1ccc(-c2cccc([N+](=O)[O-])c2)o1. The number of nitrogens with zero attached hydrogens (tertiary/aromatic N) is 3. The second-order valence-corrected chi connectivity index (χ2v) is 11.4. The molecule has 12 heteroatoms. The molecule has 43 heavy (non-hydrogen) atoms. The van der Waals surface area contributed by atoms with Crippen molar-refractivity contribution in [3.63, 3.8) is 0 Å². The largest absolute Gasteiger partial charge is 0.463 e. The highest BCUT2D eigenvalue weighted by Gasteiger charge is 2.35. The number of aromatic nitrogens is 1. The Kier molecular flexibility index (Phi) is 7.55. The van der Waals surface area contributed by atoms with Crippen LogP contribution in [0.2, 0.25) is 0 Å². The van der Waals surface area contributed by atoms with E-state index in [-0.39, 0.29) is 23.6 Å². The molecule has 4 heterocycles. The molecule has 0 spiro atoms. The molecule has 0 radical (unpaired) electrons. The Hall–Kier alpha value is -4.81. The number of thiazole rings is 1. The predicted molar refractivity (Wildman–Crippen MR) is 163 cm³/mol. The summed E-state index contributed by atoms with van der Waals surface area (Å²) in [6, 6.07) is 19.6. The van der Waals surface area contributed by atoms with Crippen molar-refractivity contribution in [2.75, 3.05) is 6.61 Å². The van der Waals surface area contributed by atoms with Gasteiger partial charge in [0.1, 0.15) is 29.1 Å². The first-order valence-corrected chi connectivity index (χ1v) is 14.7. The van der Waals surface area contributed by atoms with Crippen molar-refractivity contribution in [3.8, 4) is 22.6 Å². The van der Waals surface area contributed by atoms with Crippen molar-refractivity contribution in [1.29, 1.82) is 0 Å². The average Bonchev–Trinajstić information content (AvgIpc) is 3.73. The quantitative estimate of drug-likeness (QED) is 0.119. The normalized spacial score (nSPS) is 14.9. The van der Waals surface area contributed by atoms with Crippen LogP contribution < -0.4 is 14.9 Å². The van der Waals surface area contributed by atoms with Gasteiger partial charge in [0.2, 0.25) is 0 Å². The summed E-state index contributed by atoms with van der Waals surface area (Å²) in [6.45, 7) is 3.50. The van der Waals surface area contributed by atoms with Gasteiger partial charge in [0.05, 0.1) is 27.3 Å². The van der Waals surface area contributed by atoms with Crippen molar-refractivity contribution in [3.05, 3.63) is 130 Å². The van der Waals surface area contributed by atoms with E-state index in [1.807, 2.05) is 30.3 Å². The van der Waals surface area contributed by atoms with E-state index in [0.717, 1.165) is 21.4 Å². The Bertz CT molecular complexity index is 2100. The number of carbonyl (C=O) groups excluding carboxylic acids is 1. The third-order valence-corrected chi connectivity index (χ3v) is 8.30. The lowest BCUT2D eigenvalue weighted by Crippen LogP contribution is -2.39. The number of non-ortho nitro benzene ring substituents is 1. The van der Waals surface area contributed by atoms with Gasteiger partial charge in [0, 0.05) is 33.8 Å². The van der Waals surface area contributed by atoms with Crippen LogP contribution in [0.1, 0.15) is 31.4 Å². The highest BCUT2D eigenvalue weighted by Crippen LogP contribution is 2.35. The fourth-order valence-electron chi connectivity index (χ4n) is 4.82. The summed E-state index contributed by atoms with van der Waals surface area (Å²) in [7, 11) is 0. The van der Waals surface area contributed by atoms with Gasteiger partial charge >= 0.3 is 5.97 Å². The number of halogens is 1. The van der Waals surface area contributed by atoms with Crippen LogP contribution in [0, 0.1) is 10.1 Å². The fraction of sp³-hybridized carbons (Fsp3) is 0.129. The summed E-state index contributed by atoms with van der Waals surface area (Å²) in [5, 5.41) is 11.3. The van der Waals surface area contributed by atoms with Crippen LogP contribution in [0.4, 0.5) is 5.69 Å². The number of carbonyl (C=O) groups is 1. The minimum absolute atomic E-state index is 0.0902. The van der Waals surface area contributed by atoms with Crippen LogP contribution in [-0.4, -0.2) is 22.1 Å². The number of benzene rings is 2. The number of esters is 1. The molecule has 1 atom stereocenters. The first-order valence-electron chi connectivity index (χ1n) is 13.1. The molecule has 0 amide bonds. The number of hydrogen-bond donors (Lipinski definition) is 0. The monoisotopic (exact) mass is 659 g/mol. The fourth-order valence-corrected chi connectivity index (χ4v) is 6.11. The number of nitro groups is 1. The molecule has 0 N–H and O–H groups in total. The van der Waals surface area contributed by atoms with E-state index in [0.29, 0.717) is 37.9 Å². The first kappa shape index (κ1) is 28.3. The lowest BCUT2D eigenvalue weighted by Gasteiger charge is -2.22. The molecule has 0 saturated heterocycles. The van der Waals surface area contributed by atoms with Crippen LogP contribution in [0.15, 0.2) is 107 Å². The number of ether oxygens (including phenoxy) is 1. The minimum atomic E-state index is -0.972. The summed E-state index contributed by atoms with van der Waals surface area (Å²) in [6.07, 6.45) is 1.64. The molecule has 2 aromatic carbocycles. The Labute approximate surface area is 256 Å². The number of allylic oxidation sites excluding steroid dienone is 1. The standard InChI is InChI=1S/C31H22BrN3O7S/c1-3-40-30(37)27-17(2)33-31-34(28(27)25-14-13-24(42-25)19-5-4-6-21(15-19)35(38)39)29(36)26(43-31)16-22-11-12-23(41-22)18-7-9-20(32)10-8-18/h4-16,28H,3H2,1-2H3/b26-16-/t28-/m1/s1. The van der Waals surface area contributed by atoms with Crippen molar-refractivity contribution >= 4 is 45.0 Å². The number of hydrogen-bond acceptors (Lipinski definition) is 9. The molecule has 0 aliphatic carbocycles. The highest BCUT2D eigenvalue weighted by molar-refractivity contribution is 9.10. The lowest BCUT2D eigenvalue weighted by molar-refractivity contribution is -0.384. The van der Waals surface area contributed by atoms with E-state index in [9.17, 15) is 19.7 Å². The second-order valence-electron chi connectivity index (χ2n) is 9.52. The van der Waals surface area contributed by atoms with E-state index in [2.05, 4.69) is 20.9 Å². The topological polar surface area (TPSA) is 130 Å². The summed E-state index contributed by atoms with van der Waals surface area (Å²) >= 11 is 4.59. The molecule has 3 aromatic heterocycles. The van der Waals surface area contributed by atoms with Crippen molar-refractivity contribution in [1.82, 2.24) is 4.57 Å². The Balaban J connectivity index is 1.45. The Morgan fingerprint density at radius 3 is 2.58 bits per heavy atom. The summed E-state index contributed by atoms with van der Waals surface area (Å²) < 4.78 is 20.2. The van der Waals surface area contributed by atoms with Crippen LogP contribution in [0.25, 0.3) is 28.7 Å². The molecule has 6 rings (SSSR count). The van der Waals surface area contributed by atoms with Crippen LogP contribution >= 0.6 is 27.3 Å². The molecule has 0 bridgehead atoms. The number of fused-ring (bicyclic) bond motifs is 1. The van der Waals surface area contributed by atoms with Crippen molar-refractivity contribution in [2.24, 2.45) is 4.99 Å². The van der Waals surface area contributed by atoms with Gasteiger partial charge in [-0.1, -0.05) is 51.5 Å². The molecule has 0 saturated carbocycles. The third kappa shape index (κ3) is 5.42. The van der Waals surface area contributed by atoms with E-state index in [1.165, 1.54) is 16.7 Å².